The fourth-order valence-corrected chi connectivity index (χ4v) is 2.87. The van der Waals surface area contributed by atoms with Gasteiger partial charge in [-0.2, -0.15) is 0 Å². The Morgan fingerprint density at radius 1 is 1.44 bits per heavy atom. The van der Waals surface area contributed by atoms with Crippen LogP contribution in [-0.4, -0.2) is 28.8 Å². The van der Waals surface area contributed by atoms with E-state index in [0.717, 1.165) is 21.4 Å². The zero-order valence-corrected chi connectivity index (χ0v) is 16.2. The summed E-state index contributed by atoms with van der Waals surface area (Å²) in [7, 11) is 0. The monoisotopic (exact) mass is 356 g/mol. The predicted molar refractivity (Wildman–Crippen MR) is 104 cm³/mol. The number of thioether (sulfide) groups is 1. The molecule has 0 aliphatic carbocycles. The molecule has 25 heavy (non-hydrogen) atoms. The SMILES string of the molecule is C#CC(C)(C)NC(=O)C(CC)Oc1cc(C)c2ncc(SC)cc2c1. The van der Waals surface area contributed by atoms with Gasteiger partial charge in [0.25, 0.3) is 5.91 Å². The molecular formula is C20H24N2O2S. The molecular weight excluding hydrogens is 332 g/mol. The lowest BCUT2D eigenvalue weighted by molar-refractivity contribution is -0.129. The van der Waals surface area contributed by atoms with Crippen LogP contribution in [0, 0.1) is 19.3 Å². The minimum absolute atomic E-state index is 0.209. The van der Waals surface area contributed by atoms with Gasteiger partial charge in [-0.3, -0.25) is 9.78 Å². The molecule has 1 heterocycles. The van der Waals surface area contributed by atoms with Crippen molar-refractivity contribution in [2.75, 3.05) is 6.26 Å². The van der Waals surface area contributed by atoms with E-state index in [0.29, 0.717) is 12.2 Å². The Labute approximate surface area is 153 Å². The average molecular weight is 356 g/mol. The number of ether oxygens (including phenoxy) is 1. The molecule has 1 N–H and O–H groups in total. The number of aromatic nitrogens is 1. The number of hydrogen-bond donors (Lipinski definition) is 1. The van der Waals surface area contributed by atoms with Gasteiger partial charge in [-0.1, -0.05) is 12.8 Å². The number of nitrogens with one attached hydrogen (secondary N) is 1. The third-order valence-corrected chi connectivity index (χ3v) is 4.59. The summed E-state index contributed by atoms with van der Waals surface area (Å²) in [5.74, 6) is 3.01. The number of carbonyl (C=O) groups is 1. The van der Waals surface area contributed by atoms with Crippen LogP contribution in [0.3, 0.4) is 0 Å². The van der Waals surface area contributed by atoms with Gasteiger partial charge in [0, 0.05) is 16.5 Å². The van der Waals surface area contributed by atoms with Crippen molar-refractivity contribution in [3.05, 3.63) is 30.0 Å². The highest BCUT2D eigenvalue weighted by molar-refractivity contribution is 7.98. The molecule has 0 bridgehead atoms. The molecule has 0 saturated carbocycles. The second-order valence-electron chi connectivity index (χ2n) is 6.46. The van der Waals surface area contributed by atoms with Crippen LogP contribution in [0.4, 0.5) is 0 Å². The Kier molecular flexibility index (Phi) is 5.97. The minimum atomic E-state index is -0.704. The number of terminal acetylenes is 1. The molecule has 0 aliphatic rings. The third-order valence-electron chi connectivity index (χ3n) is 3.90. The molecule has 1 aromatic carbocycles. The maximum atomic E-state index is 12.5. The van der Waals surface area contributed by atoms with E-state index >= 15 is 0 Å². The summed E-state index contributed by atoms with van der Waals surface area (Å²) in [6, 6.07) is 5.92. The Bertz CT molecular complexity index is 824. The minimum Gasteiger partial charge on any atom is -0.481 e. The van der Waals surface area contributed by atoms with E-state index in [9.17, 15) is 4.79 Å². The molecule has 0 saturated heterocycles. The van der Waals surface area contributed by atoms with Crippen LogP contribution < -0.4 is 10.1 Å². The zero-order chi connectivity index (χ0) is 18.6. The molecule has 0 fully saturated rings. The van der Waals surface area contributed by atoms with Crippen molar-refractivity contribution >= 4 is 28.6 Å². The first-order valence-corrected chi connectivity index (χ1v) is 9.43. The fraction of sp³-hybridized carbons (Fsp3) is 0.400. The smallest absolute Gasteiger partial charge is 0.262 e. The quantitative estimate of drug-likeness (QED) is 0.629. The molecule has 4 nitrogen and oxygen atoms in total. The standard InChI is InChI=1S/C20H24N2O2S/c1-7-17(19(23)22-20(4,5)8-2)24-15-9-13(3)18-14(10-15)11-16(25-6)12-21-18/h2,9-12,17H,7H2,1,3-6H3,(H,22,23). The second-order valence-corrected chi connectivity index (χ2v) is 7.34. The largest absolute Gasteiger partial charge is 0.481 e. The summed E-state index contributed by atoms with van der Waals surface area (Å²) in [6.07, 6.45) is 9.28. The first kappa shape index (κ1) is 19.1. The van der Waals surface area contributed by atoms with Crippen molar-refractivity contribution in [3.8, 4) is 18.1 Å². The van der Waals surface area contributed by atoms with Gasteiger partial charge in [0.2, 0.25) is 0 Å². The van der Waals surface area contributed by atoms with E-state index in [4.69, 9.17) is 11.2 Å². The molecule has 0 radical (unpaired) electrons. The number of amides is 1. The number of aryl methyl sites for hydroxylation is 1. The Morgan fingerprint density at radius 2 is 2.16 bits per heavy atom. The van der Waals surface area contributed by atoms with Gasteiger partial charge in [-0.05, 0) is 57.2 Å². The van der Waals surface area contributed by atoms with Crippen LogP contribution in [0.2, 0.25) is 0 Å². The van der Waals surface area contributed by atoms with Crippen LogP contribution in [0.5, 0.6) is 5.75 Å². The molecule has 1 unspecified atom stereocenters. The van der Waals surface area contributed by atoms with Crippen molar-refractivity contribution in [2.45, 2.75) is 50.7 Å². The van der Waals surface area contributed by atoms with Crippen LogP contribution in [0.15, 0.2) is 29.3 Å². The fourth-order valence-electron chi connectivity index (χ4n) is 2.47. The number of rotatable bonds is 6. The van der Waals surface area contributed by atoms with Gasteiger partial charge in [-0.15, -0.1) is 18.2 Å². The van der Waals surface area contributed by atoms with Crippen LogP contribution in [0.25, 0.3) is 10.9 Å². The van der Waals surface area contributed by atoms with E-state index in [1.807, 2.05) is 38.4 Å². The molecule has 0 spiro atoms. The summed E-state index contributed by atoms with van der Waals surface area (Å²) >= 11 is 1.64. The van der Waals surface area contributed by atoms with Crippen molar-refractivity contribution in [1.82, 2.24) is 10.3 Å². The number of hydrogen-bond acceptors (Lipinski definition) is 4. The van der Waals surface area contributed by atoms with E-state index in [-0.39, 0.29) is 5.91 Å². The Balaban J connectivity index is 2.28. The summed E-state index contributed by atoms with van der Waals surface area (Å²) in [5.41, 5.74) is 1.25. The van der Waals surface area contributed by atoms with Gasteiger partial charge < -0.3 is 10.1 Å². The summed E-state index contributed by atoms with van der Waals surface area (Å²) in [4.78, 5) is 18.1. The maximum Gasteiger partial charge on any atom is 0.262 e. The maximum absolute atomic E-state index is 12.5. The van der Waals surface area contributed by atoms with Crippen LogP contribution in [0.1, 0.15) is 32.8 Å². The number of fused-ring (bicyclic) bond motifs is 1. The molecule has 2 rings (SSSR count). The lowest BCUT2D eigenvalue weighted by Gasteiger charge is -2.24. The number of carbonyl (C=O) groups excluding carboxylic acids is 1. The highest BCUT2D eigenvalue weighted by atomic mass is 32.2. The van der Waals surface area contributed by atoms with Gasteiger partial charge in [0.15, 0.2) is 6.10 Å². The molecule has 1 aromatic heterocycles. The molecule has 2 aromatic rings. The molecule has 0 aliphatic heterocycles. The summed E-state index contributed by atoms with van der Waals surface area (Å²) in [6.45, 7) is 7.47. The van der Waals surface area contributed by atoms with Crippen LogP contribution >= 0.6 is 11.8 Å². The van der Waals surface area contributed by atoms with Crippen molar-refractivity contribution in [1.29, 1.82) is 0 Å². The molecule has 132 valence electrons. The zero-order valence-electron chi connectivity index (χ0n) is 15.3. The molecule has 1 atom stereocenters. The lowest BCUT2D eigenvalue weighted by Crippen LogP contribution is -2.48. The Hall–Kier alpha value is -2.19. The topological polar surface area (TPSA) is 51.2 Å². The number of benzene rings is 1. The molecule has 1 amide bonds. The van der Waals surface area contributed by atoms with E-state index in [2.05, 4.69) is 22.3 Å². The summed E-state index contributed by atoms with van der Waals surface area (Å²) < 4.78 is 5.96. The van der Waals surface area contributed by atoms with Gasteiger partial charge >= 0.3 is 0 Å². The van der Waals surface area contributed by atoms with Crippen molar-refractivity contribution in [3.63, 3.8) is 0 Å². The summed E-state index contributed by atoms with van der Waals surface area (Å²) in [5, 5.41) is 3.83. The average Bonchev–Trinajstić information content (AvgIpc) is 2.58. The van der Waals surface area contributed by atoms with E-state index < -0.39 is 11.6 Å². The van der Waals surface area contributed by atoms with Crippen molar-refractivity contribution < 1.29 is 9.53 Å². The van der Waals surface area contributed by atoms with Gasteiger partial charge in [0.05, 0.1) is 11.1 Å². The van der Waals surface area contributed by atoms with E-state index in [1.165, 1.54) is 0 Å². The second kappa shape index (κ2) is 7.79. The normalized spacial score (nSPS) is 12.5. The third kappa shape index (κ3) is 4.67. The number of pyridine rings is 1. The Morgan fingerprint density at radius 3 is 2.76 bits per heavy atom. The van der Waals surface area contributed by atoms with Crippen LogP contribution in [-0.2, 0) is 4.79 Å². The van der Waals surface area contributed by atoms with Gasteiger partial charge in [0.1, 0.15) is 5.75 Å². The van der Waals surface area contributed by atoms with Crippen molar-refractivity contribution in [2.24, 2.45) is 0 Å². The highest BCUT2D eigenvalue weighted by Crippen LogP contribution is 2.27. The predicted octanol–water partition coefficient (Wildman–Crippen LogP) is 3.95. The first-order valence-electron chi connectivity index (χ1n) is 8.20. The number of nitrogens with zero attached hydrogens (tertiary/aromatic N) is 1. The highest BCUT2D eigenvalue weighted by Gasteiger charge is 2.24. The molecule has 5 heteroatoms. The van der Waals surface area contributed by atoms with Gasteiger partial charge in [-0.25, -0.2) is 0 Å². The first-order chi connectivity index (χ1) is 11.8. The lowest BCUT2D eigenvalue weighted by atomic mass is 10.1. The van der Waals surface area contributed by atoms with E-state index in [1.54, 1.807) is 25.6 Å².